The van der Waals surface area contributed by atoms with Crippen molar-refractivity contribution in [3.05, 3.63) is 82.9 Å². The molecule has 0 spiro atoms. The summed E-state index contributed by atoms with van der Waals surface area (Å²) in [5.41, 5.74) is 1.34. The summed E-state index contributed by atoms with van der Waals surface area (Å²) in [7, 11) is -0.595. The SMILES string of the molecule is CNC(C(=O)NC(C(=O)N(C)C(/C=C(\C)C(=O)NS(=O)(=O)Cc1ccccc1C)C(C)C)C(C)(C)C)C(C)(C)c1ccccc1. The Kier molecular flexibility index (Phi) is 12.7. The van der Waals surface area contributed by atoms with Crippen LogP contribution in [0.5, 0.6) is 0 Å². The van der Waals surface area contributed by atoms with E-state index in [4.69, 9.17) is 0 Å². The molecule has 248 valence electrons. The highest BCUT2D eigenvalue weighted by molar-refractivity contribution is 7.89. The molecule has 0 aliphatic heterocycles. The molecular formula is C35H52N4O5S. The van der Waals surface area contributed by atoms with E-state index in [9.17, 15) is 22.8 Å². The number of likely N-dealkylation sites (N-methyl/N-ethyl adjacent to an activating group) is 2. The van der Waals surface area contributed by atoms with Crippen LogP contribution in [0.3, 0.4) is 0 Å². The third kappa shape index (κ3) is 9.99. The monoisotopic (exact) mass is 640 g/mol. The minimum Gasteiger partial charge on any atom is -0.342 e. The van der Waals surface area contributed by atoms with Gasteiger partial charge in [0.15, 0.2) is 0 Å². The number of amides is 3. The number of rotatable bonds is 13. The van der Waals surface area contributed by atoms with Crippen molar-refractivity contribution in [3.8, 4) is 0 Å². The molecular weight excluding hydrogens is 588 g/mol. The number of hydrogen-bond acceptors (Lipinski definition) is 6. The zero-order chi connectivity index (χ0) is 34.3. The highest BCUT2D eigenvalue weighted by Gasteiger charge is 2.41. The highest BCUT2D eigenvalue weighted by atomic mass is 32.2. The summed E-state index contributed by atoms with van der Waals surface area (Å²) in [6.07, 6.45) is 1.61. The lowest BCUT2D eigenvalue weighted by molar-refractivity contribution is -0.140. The van der Waals surface area contributed by atoms with E-state index in [-0.39, 0.29) is 29.1 Å². The van der Waals surface area contributed by atoms with Gasteiger partial charge in [-0.3, -0.25) is 14.4 Å². The summed E-state index contributed by atoms with van der Waals surface area (Å²) < 4.78 is 27.8. The molecule has 0 heterocycles. The van der Waals surface area contributed by atoms with E-state index in [1.54, 1.807) is 32.3 Å². The molecule has 0 aliphatic rings. The molecule has 0 aromatic heterocycles. The maximum atomic E-state index is 14.1. The van der Waals surface area contributed by atoms with Gasteiger partial charge in [-0.15, -0.1) is 0 Å². The van der Waals surface area contributed by atoms with E-state index >= 15 is 0 Å². The number of benzene rings is 2. The fourth-order valence-corrected chi connectivity index (χ4v) is 6.65. The number of carbonyl (C=O) groups excluding carboxylic acids is 3. The molecule has 0 saturated heterocycles. The van der Waals surface area contributed by atoms with Crippen molar-refractivity contribution in [3.63, 3.8) is 0 Å². The lowest BCUT2D eigenvalue weighted by Crippen LogP contribution is -2.61. The van der Waals surface area contributed by atoms with E-state index in [0.29, 0.717) is 5.56 Å². The van der Waals surface area contributed by atoms with Gasteiger partial charge in [-0.05, 0) is 48.9 Å². The maximum Gasteiger partial charge on any atom is 0.260 e. The average Bonchev–Trinajstić information content (AvgIpc) is 2.94. The Morgan fingerprint density at radius 2 is 1.47 bits per heavy atom. The summed E-state index contributed by atoms with van der Waals surface area (Å²) in [5, 5.41) is 6.16. The standard InChI is InChI=1S/C35H52N4O5S/c1-23(2)28(21-25(4)31(40)38-45(43,44)22-26-18-16-15-17-24(26)3)39(11)33(42)30(34(5,6)7)37-32(41)29(36-10)35(8,9)27-19-13-12-14-20-27/h12-21,23,28-30,36H,22H2,1-11H3,(H,37,41)(H,38,40)/b25-21+. The van der Waals surface area contributed by atoms with Gasteiger partial charge >= 0.3 is 0 Å². The number of aryl methyl sites for hydroxylation is 1. The summed E-state index contributed by atoms with van der Waals surface area (Å²) in [5.74, 6) is -1.83. The van der Waals surface area contributed by atoms with Gasteiger partial charge in [0.05, 0.1) is 17.8 Å². The number of hydrogen-bond donors (Lipinski definition) is 3. The fraction of sp³-hybridized carbons (Fsp3) is 0.514. The van der Waals surface area contributed by atoms with Crippen molar-refractivity contribution in [1.29, 1.82) is 0 Å². The summed E-state index contributed by atoms with van der Waals surface area (Å²) >= 11 is 0. The van der Waals surface area contributed by atoms with Crippen LogP contribution >= 0.6 is 0 Å². The summed E-state index contributed by atoms with van der Waals surface area (Å²) in [4.78, 5) is 42.4. The van der Waals surface area contributed by atoms with Crippen LogP contribution in [-0.2, 0) is 35.6 Å². The zero-order valence-corrected chi connectivity index (χ0v) is 29.5. The Bertz CT molecular complexity index is 1480. The molecule has 0 aliphatic carbocycles. The molecule has 2 rings (SSSR count). The van der Waals surface area contributed by atoms with Crippen LogP contribution in [0.25, 0.3) is 0 Å². The second-order valence-corrected chi connectivity index (χ2v) is 15.5. The number of nitrogens with zero attached hydrogens (tertiary/aromatic N) is 1. The van der Waals surface area contributed by atoms with Gasteiger partial charge in [-0.1, -0.05) is 109 Å². The third-order valence-corrected chi connectivity index (χ3v) is 9.49. The first-order valence-electron chi connectivity index (χ1n) is 15.3. The minimum atomic E-state index is -3.96. The molecule has 2 aromatic carbocycles. The van der Waals surface area contributed by atoms with Crippen molar-refractivity contribution >= 4 is 27.7 Å². The molecule has 45 heavy (non-hydrogen) atoms. The largest absolute Gasteiger partial charge is 0.342 e. The molecule has 3 atom stereocenters. The third-order valence-electron chi connectivity index (χ3n) is 8.30. The predicted octanol–water partition coefficient (Wildman–Crippen LogP) is 4.47. The van der Waals surface area contributed by atoms with Gasteiger partial charge in [0.1, 0.15) is 6.04 Å². The van der Waals surface area contributed by atoms with Crippen molar-refractivity contribution in [2.75, 3.05) is 14.1 Å². The molecule has 2 aromatic rings. The van der Waals surface area contributed by atoms with Gasteiger partial charge in [-0.2, -0.15) is 0 Å². The first-order chi connectivity index (χ1) is 20.7. The van der Waals surface area contributed by atoms with Crippen LogP contribution in [0.4, 0.5) is 0 Å². The molecule has 9 nitrogen and oxygen atoms in total. The van der Waals surface area contributed by atoms with E-state index in [1.165, 1.54) is 11.8 Å². The summed E-state index contributed by atoms with van der Waals surface area (Å²) in [6.45, 7) is 16.8. The summed E-state index contributed by atoms with van der Waals surface area (Å²) in [6, 6.07) is 14.8. The Labute approximate surface area is 270 Å². The highest BCUT2D eigenvalue weighted by Crippen LogP contribution is 2.29. The average molecular weight is 641 g/mol. The van der Waals surface area contributed by atoms with Crippen molar-refractivity contribution in [2.45, 2.75) is 91.6 Å². The van der Waals surface area contributed by atoms with Gasteiger partial charge in [0.25, 0.3) is 5.91 Å². The first kappa shape index (κ1) is 37.7. The number of nitrogens with one attached hydrogen (secondary N) is 3. The van der Waals surface area contributed by atoms with Crippen molar-refractivity contribution < 1.29 is 22.8 Å². The van der Waals surface area contributed by atoms with Gasteiger partial charge < -0.3 is 15.5 Å². The molecule has 3 N–H and O–H groups in total. The maximum absolute atomic E-state index is 14.1. The molecule has 0 radical (unpaired) electrons. The van der Waals surface area contributed by atoms with E-state index in [2.05, 4.69) is 15.4 Å². The van der Waals surface area contributed by atoms with Gasteiger partial charge in [-0.25, -0.2) is 13.1 Å². The smallest absolute Gasteiger partial charge is 0.260 e. The van der Waals surface area contributed by atoms with Crippen LogP contribution < -0.4 is 15.4 Å². The molecule has 0 saturated carbocycles. The predicted molar refractivity (Wildman–Crippen MR) is 181 cm³/mol. The van der Waals surface area contributed by atoms with E-state index < -0.39 is 44.9 Å². The Morgan fingerprint density at radius 3 is 1.98 bits per heavy atom. The normalized spacial score (nSPS) is 14.8. The van der Waals surface area contributed by atoms with E-state index in [1.807, 2.05) is 97.9 Å². The van der Waals surface area contributed by atoms with Crippen LogP contribution in [0, 0.1) is 18.3 Å². The van der Waals surface area contributed by atoms with Crippen LogP contribution in [0.15, 0.2) is 66.2 Å². The lowest BCUT2D eigenvalue weighted by Gasteiger charge is -2.40. The number of carbonyl (C=O) groups is 3. The van der Waals surface area contributed by atoms with Crippen LogP contribution in [0.1, 0.15) is 72.1 Å². The Morgan fingerprint density at radius 1 is 0.911 bits per heavy atom. The quantitative estimate of drug-likeness (QED) is 0.278. The zero-order valence-electron chi connectivity index (χ0n) is 28.7. The Balaban J connectivity index is 2.30. The second kappa shape index (κ2) is 15.2. The first-order valence-corrected chi connectivity index (χ1v) is 17.0. The van der Waals surface area contributed by atoms with Gasteiger partial charge in [0.2, 0.25) is 21.8 Å². The molecule has 0 fully saturated rings. The van der Waals surface area contributed by atoms with Crippen LogP contribution in [0.2, 0.25) is 0 Å². The molecule has 10 heteroatoms. The van der Waals surface area contributed by atoms with E-state index in [0.717, 1.165) is 11.1 Å². The fourth-order valence-electron chi connectivity index (χ4n) is 5.40. The second-order valence-electron chi connectivity index (χ2n) is 13.8. The van der Waals surface area contributed by atoms with Crippen molar-refractivity contribution in [1.82, 2.24) is 20.3 Å². The molecule has 3 unspecified atom stereocenters. The molecule has 3 amide bonds. The lowest BCUT2D eigenvalue weighted by atomic mass is 9.76. The number of sulfonamides is 1. The van der Waals surface area contributed by atoms with Gasteiger partial charge in [0, 0.05) is 18.0 Å². The topological polar surface area (TPSA) is 125 Å². The van der Waals surface area contributed by atoms with Crippen LogP contribution in [-0.4, -0.2) is 63.3 Å². The molecule has 0 bridgehead atoms. The Hall–Kier alpha value is -3.50. The minimum absolute atomic E-state index is 0.122. The van der Waals surface area contributed by atoms with Crippen molar-refractivity contribution in [2.24, 2.45) is 11.3 Å².